The van der Waals surface area contributed by atoms with Crippen LogP contribution in [0.25, 0.3) is 0 Å². The van der Waals surface area contributed by atoms with Gasteiger partial charge in [-0.1, -0.05) is 30.3 Å². The molecule has 1 fully saturated rings. The van der Waals surface area contributed by atoms with Crippen LogP contribution in [-0.2, 0) is 4.79 Å². The van der Waals surface area contributed by atoms with Crippen molar-refractivity contribution in [1.29, 1.82) is 0 Å². The van der Waals surface area contributed by atoms with Crippen molar-refractivity contribution in [2.45, 2.75) is 12.8 Å². The third-order valence-corrected chi connectivity index (χ3v) is 4.68. The van der Waals surface area contributed by atoms with Crippen molar-refractivity contribution in [3.63, 3.8) is 0 Å². The summed E-state index contributed by atoms with van der Waals surface area (Å²) < 4.78 is 5.11. The number of rotatable bonds is 5. The number of hydrogen-bond donors (Lipinski definition) is 1. The molecule has 1 saturated heterocycles. The molecular weight excluding hydrogens is 342 g/mol. The Labute approximate surface area is 158 Å². The maximum atomic E-state index is 12.6. The third kappa shape index (κ3) is 4.94. The van der Waals surface area contributed by atoms with Gasteiger partial charge in [0.05, 0.1) is 13.3 Å². The molecule has 0 spiro atoms. The minimum Gasteiger partial charge on any atom is -0.497 e. The van der Waals surface area contributed by atoms with Gasteiger partial charge in [-0.15, -0.1) is 0 Å². The normalized spacial score (nSPS) is 14.9. The van der Waals surface area contributed by atoms with Crippen LogP contribution in [0.5, 0.6) is 5.75 Å². The van der Waals surface area contributed by atoms with Crippen molar-refractivity contribution in [3.8, 4) is 5.75 Å². The van der Waals surface area contributed by atoms with Crippen LogP contribution in [0, 0.1) is 5.92 Å². The second-order valence-corrected chi connectivity index (χ2v) is 6.44. The average molecular weight is 365 g/mol. The van der Waals surface area contributed by atoms with E-state index in [1.54, 1.807) is 42.5 Å². The molecule has 0 aliphatic carbocycles. The number of nitrogens with zero attached hydrogens (tertiary/aromatic N) is 2. The highest BCUT2D eigenvalue weighted by atomic mass is 16.5. The summed E-state index contributed by atoms with van der Waals surface area (Å²) in [6, 6.07) is 16.7. The molecule has 27 heavy (non-hydrogen) atoms. The van der Waals surface area contributed by atoms with Gasteiger partial charge in [0.2, 0.25) is 5.91 Å². The van der Waals surface area contributed by atoms with Crippen LogP contribution in [0.4, 0.5) is 0 Å². The molecule has 1 N–H and O–H groups in total. The molecule has 1 heterocycles. The van der Waals surface area contributed by atoms with Crippen LogP contribution in [0.1, 0.15) is 28.8 Å². The Balaban J connectivity index is 1.48. The van der Waals surface area contributed by atoms with Crippen molar-refractivity contribution < 1.29 is 14.3 Å². The van der Waals surface area contributed by atoms with E-state index in [1.165, 1.54) is 0 Å². The van der Waals surface area contributed by atoms with Gasteiger partial charge in [0.1, 0.15) is 5.75 Å². The minimum atomic E-state index is -0.127. The fraction of sp³-hybridized carbons (Fsp3) is 0.286. The molecule has 6 heteroatoms. The number of nitrogens with one attached hydrogen (secondary N) is 1. The summed E-state index contributed by atoms with van der Waals surface area (Å²) in [6.45, 7) is 1.12. The molecule has 0 atom stereocenters. The van der Waals surface area contributed by atoms with Gasteiger partial charge in [0.25, 0.3) is 5.91 Å². The summed E-state index contributed by atoms with van der Waals surface area (Å²) in [4.78, 5) is 26.6. The number of carbonyl (C=O) groups excluding carboxylic acids is 2. The molecule has 0 saturated carbocycles. The Morgan fingerprint density at radius 2 is 1.74 bits per heavy atom. The first-order valence-corrected chi connectivity index (χ1v) is 8.98. The van der Waals surface area contributed by atoms with Crippen LogP contribution in [0.15, 0.2) is 59.7 Å². The standard InChI is InChI=1S/C21H23N3O3/c1-27-19-9-7-18(8-10-19)21(26)24-13-11-17(12-14-24)20(25)23-22-15-16-5-3-2-4-6-16/h2-10,15,17H,11-14H2,1H3,(H,23,25)/b22-15-. The van der Waals surface area contributed by atoms with Gasteiger partial charge in [0, 0.05) is 24.6 Å². The number of benzene rings is 2. The van der Waals surface area contributed by atoms with E-state index in [0.717, 1.165) is 11.3 Å². The maximum absolute atomic E-state index is 12.6. The minimum absolute atomic E-state index is 0.0152. The predicted molar refractivity (Wildman–Crippen MR) is 104 cm³/mol. The van der Waals surface area contributed by atoms with E-state index in [9.17, 15) is 9.59 Å². The van der Waals surface area contributed by atoms with Crippen molar-refractivity contribution in [2.24, 2.45) is 11.0 Å². The third-order valence-electron chi connectivity index (χ3n) is 4.68. The van der Waals surface area contributed by atoms with E-state index in [4.69, 9.17) is 4.74 Å². The largest absolute Gasteiger partial charge is 0.497 e. The molecule has 0 aromatic heterocycles. The molecule has 1 aliphatic rings. The lowest BCUT2D eigenvalue weighted by Gasteiger charge is -2.31. The van der Waals surface area contributed by atoms with Gasteiger partial charge in [-0.25, -0.2) is 5.43 Å². The van der Waals surface area contributed by atoms with E-state index < -0.39 is 0 Å². The van der Waals surface area contributed by atoms with Gasteiger partial charge in [-0.05, 0) is 42.7 Å². The van der Waals surface area contributed by atoms with E-state index >= 15 is 0 Å². The summed E-state index contributed by atoms with van der Waals surface area (Å²) >= 11 is 0. The highest BCUT2D eigenvalue weighted by Gasteiger charge is 2.27. The lowest BCUT2D eigenvalue weighted by atomic mass is 9.95. The topological polar surface area (TPSA) is 71.0 Å². The zero-order valence-corrected chi connectivity index (χ0v) is 15.3. The van der Waals surface area contributed by atoms with Crippen LogP contribution >= 0.6 is 0 Å². The predicted octanol–water partition coefficient (Wildman–Crippen LogP) is 2.70. The quantitative estimate of drug-likeness (QED) is 0.654. The first kappa shape index (κ1) is 18.6. The molecule has 0 bridgehead atoms. The SMILES string of the molecule is COc1ccc(C(=O)N2CCC(C(=O)N/N=C\c3ccccc3)CC2)cc1. The highest BCUT2D eigenvalue weighted by molar-refractivity contribution is 5.94. The van der Waals surface area contributed by atoms with Crippen molar-refractivity contribution >= 4 is 18.0 Å². The fourth-order valence-corrected chi connectivity index (χ4v) is 3.06. The van der Waals surface area contributed by atoms with Crippen LogP contribution in [-0.4, -0.2) is 43.1 Å². The lowest BCUT2D eigenvalue weighted by Crippen LogP contribution is -2.42. The van der Waals surface area contributed by atoms with Gasteiger partial charge in [-0.3, -0.25) is 9.59 Å². The first-order valence-electron chi connectivity index (χ1n) is 8.98. The van der Waals surface area contributed by atoms with Crippen molar-refractivity contribution in [3.05, 3.63) is 65.7 Å². The van der Waals surface area contributed by atoms with Crippen LogP contribution in [0.3, 0.4) is 0 Å². The van der Waals surface area contributed by atoms with Crippen LogP contribution in [0.2, 0.25) is 0 Å². The number of ether oxygens (including phenoxy) is 1. The summed E-state index contributed by atoms with van der Waals surface area (Å²) in [5, 5.41) is 4.02. The summed E-state index contributed by atoms with van der Waals surface area (Å²) in [6.07, 6.45) is 2.89. The molecule has 140 valence electrons. The van der Waals surface area contributed by atoms with Gasteiger partial charge in [-0.2, -0.15) is 5.10 Å². The Hall–Kier alpha value is -3.15. The molecular formula is C21H23N3O3. The number of likely N-dealkylation sites (tertiary alicyclic amines) is 1. The highest BCUT2D eigenvalue weighted by Crippen LogP contribution is 2.20. The number of hydrogen-bond acceptors (Lipinski definition) is 4. The first-order chi connectivity index (χ1) is 13.2. The van der Waals surface area contributed by atoms with Gasteiger partial charge < -0.3 is 9.64 Å². The second kappa shape index (κ2) is 8.98. The van der Waals surface area contributed by atoms with Crippen molar-refractivity contribution in [2.75, 3.05) is 20.2 Å². The van der Waals surface area contributed by atoms with E-state index in [2.05, 4.69) is 10.5 Å². The van der Waals surface area contributed by atoms with Gasteiger partial charge >= 0.3 is 0 Å². The van der Waals surface area contributed by atoms with E-state index in [-0.39, 0.29) is 17.7 Å². The van der Waals surface area contributed by atoms with E-state index in [1.807, 2.05) is 30.3 Å². The number of piperidine rings is 1. The summed E-state index contributed by atoms with van der Waals surface area (Å²) in [5.41, 5.74) is 4.16. The Kier molecular flexibility index (Phi) is 6.20. The Morgan fingerprint density at radius 1 is 1.07 bits per heavy atom. The molecule has 2 aromatic carbocycles. The zero-order valence-electron chi connectivity index (χ0n) is 15.3. The number of carbonyl (C=O) groups is 2. The van der Waals surface area contributed by atoms with Crippen molar-refractivity contribution in [1.82, 2.24) is 10.3 Å². The van der Waals surface area contributed by atoms with E-state index in [0.29, 0.717) is 31.5 Å². The molecule has 2 aromatic rings. The molecule has 1 aliphatic heterocycles. The molecule has 3 rings (SSSR count). The van der Waals surface area contributed by atoms with Crippen LogP contribution < -0.4 is 10.2 Å². The number of hydrazone groups is 1. The average Bonchev–Trinajstić information content (AvgIpc) is 2.74. The smallest absolute Gasteiger partial charge is 0.253 e. The zero-order chi connectivity index (χ0) is 19.1. The summed E-state index contributed by atoms with van der Waals surface area (Å²) in [5.74, 6) is 0.480. The Morgan fingerprint density at radius 3 is 2.37 bits per heavy atom. The number of methoxy groups -OCH3 is 1. The maximum Gasteiger partial charge on any atom is 0.253 e. The number of amides is 2. The molecule has 0 unspecified atom stereocenters. The monoisotopic (exact) mass is 365 g/mol. The molecule has 6 nitrogen and oxygen atoms in total. The summed E-state index contributed by atoms with van der Waals surface area (Å²) in [7, 11) is 1.59. The molecule has 2 amide bonds. The van der Waals surface area contributed by atoms with Gasteiger partial charge in [0.15, 0.2) is 0 Å². The second-order valence-electron chi connectivity index (χ2n) is 6.44. The fourth-order valence-electron chi connectivity index (χ4n) is 3.06. The molecule has 0 radical (unpaired) electrons. The Bertz CT molecular complexity index is 795. The lowest BCUT2D eigenvalue weighted by molar-refractivity contribution is -0.126.